The van der Waals surface area contributed by atoms with Gasteiger partial charge in [0, 0.05) is 18.6 Å². The van der Waals surface area contributed by atoms with Gasteiger partial charge in [-0.3, -0.25) is 4.79 Å². The van der Waals surface area contributed by atoms with E-state index >= 15 is 0 Å². The lowest BCUT2D eigenvalue weighted by Crippen LogP contribution is -2.33. The lowest BCUT2D eigenvalue weighted by Gasteiger charge is -2.10. The number of aliphatic hydroxyl groups excluding tert-OH is 1. The third-order valence-electron chi connectivity index (χ3n) is 2.09. The second-order valence-corrected chi connectivity index (χ2v) is 3.23. The van der Waals surface area contributed by atoms with Gasteiger partial charge in [0.2, 0.25) is 5.91 Å². The van der Waals surface area contributed by atoms with Crippen LogP contribution in [0.1, 0.15) is 12.8 Å². The second kappa shape index (κ2) is 3.19. The fourth-order valence-corrected chi connectivity index (χ4v) is 1.02. The minimum Gasteiger partial charge on any atom is -0.396 e. The van der Waals surface area contributed by atoms with Crippen molar-refractivity contribution in [1.82, 2.24) is 5.32 Å². The molecule has 0 unspecified atom stereocenters. The molecule has 64 valence electrons. The molecule has 4 N–H and O–H groups in total. The van der Waals surface area contributed by atoms with E-state index in [1.165, 1.54) is 0 Å². The Bertz CT molecular complexity index is 155. The second-order valence-electron chi connectivity index (χ2n) is 3.23. The maximum atomic E-state index is 10.3. The van der Waals surface area contributed by atoms with Gasteiger partial charge in [0.05, 0.1) is 6.54 Å². The van der Waals surface area contributed by atoms with Gasteiger partial charge in [-0.1, -0.05) is 0 Å². The van der Waals surface area contributed by atoms with Crippen molar-refractivity contribution in [3.63, 3.8) is 0 Å². The highest BCUT2D eigenvalue weighted by molar-refractivity contribution is 5.75. The number of primary amides is 1. The summed E-state index contributed by atoms with van der Waals surface area (Å²) < 4.78 is 0. The molecule has 0 saturated heterocycles. The number of hydrogen-bond donors (Lipinski definition) is 3. The standard InChI is InChI=1S/C7H14N2O2/c8-6(11)3-9-4-7(5-10)1-2-7/h9-10H,1-5H2,(H2,8,11). The largest absolute Gasteiger partial charge is 0.396 e. The summed E-state index contributed by atoms with van der Waals surface area (Å²) in [7, 11) is 0. The van der Waals surface area contributed by atoms with Crippen molar-refractivity contribution < 1.29 is 9.90 Å². The van der Waals surface area contributed by atoms with Crippen molar-refractivity contribution in [1.29, 1.82) is 0 Å². The molecular formula is C7H14N2O2. The van der Waals surface area contributed by atoms with E-state index in [9.17, 15) is 4.79 Å². The number of amides is 1. The van der Waals surface area contributed by atoms with E-state index in [0.29, 0.717) is 6.54 Å². The van der Waals surface area contributed by atoms with Gasteiger partial charge in [0.25, 0.3) is 0 Å². The van der Waals surface area contributed by atoms with Crippen LogP contribution in [0.2, 0.25) is 0 Å². The molecule has 1 aliphatic carbocycles. The molecule has 0 bridgehead atoms. The normalized spacial score (nSPS) is 19.7. The van der Waals surface area contributed by atoms with Crippen LogP contribution in [0.25, 0.3) is 0 Å². The molecule has 4 heteroatoms. The summed E-state index contributed by atoms with van der Waals surface area (Å²) in [6, 6.07) is 0. The van der Waals surface area contributed by atoms with Gasteiger partial charge in [-0.2, -0.15) is 0 Å². The Balaban J connectivity index is 2.07. The maximum Gasteiger partial charge on any atom is 0.231 e. The molecule has 0 aromatic carbocycles. The number of carbonyl (C=O) groups is 1. The van der Waals surface area contributed by atoms with E-state index in [1.54, 1.807) is 0 Å². The summed E-state index contributed by atoms with van der Waals surface area (Å²) in [4.78, 5) is 10.3. The lowest BCUT2D eigenvalue weighted by molar-refractivity contribution is -0.117. The zero-order chi connectivity index (χ0) is 8.32. The van der Waals surface area contributed by atoms with Gasteiger partial charge < -0.3 is 16.2 Å². The first-order valence-corrected chi connectivity index (χ1v) is 3.78. The Kier molecular flexibility index (Phi) is 2.46. The predicted molar refractivity (Wildman–Crippen MR) is 40.8 cm³/mol. The molecule has 0 radical (unpaired) electrons. The van der Waals surface area contributed by atoms with Gasteiger partial charge in [0.1, 0.15) is 0 Å². The first kappa shape index (κ1) is 8.49. The van der Waals surface area contributed by atoms with Gasteiger partial charge in [-0.15, -0.1) is 0 Å². The van der Waals surface area contributed by atoms with E-state index in [1.807, 2.05) is 0 Å². The maximum absolute atomic E-state index is 10.3. The monoisotopic (exact) mass is 158 g/mol. The zero-order valence-corrected chi connectivity index (χ0v) is 6.47. The van der Waals surface area contributed by atoms with Crippen LogP contribution >= 0.6 is 0 Å². The Hall–Kier alpha value is -0.610. The minimum absolute atomic E-state index is 0.0649. The van der Waals surface area contributed by atoms with Crippen LogP contribution in [0.3, 0.4) is 0 Å². The van der Waals surface area contributed by atoms with Crippen LogP contribution in [-0.4, -0.2) is 30.7 Å². The molecule has 0 aliphatic heterocycles. The first-order chi connectivity index (χ1) is 5.18. The SMILES string of the molecule is NC(=O)CNCC1(CO)CC1. The Morgan fingerprint density at radius 2 is 2.27 bits per heavy atom. The van der Waals surface area contributed by atoms with Gasteiger partial charge in [-0.25, -0.2) is 0 Å². The predicted octanol–water partition coefficient (Wildman–Crippen LogP) is -1.17. The highest BCUT2D eigenvalue weighted by atomic mass is 16.3. The molecule has 1 aliphatic rings. The molecule has 0 heterocycles. The van der Waals surface area contributed by atoms with Crippen LogP contribution in [0.15, 0.2) is 0 Å². The van der Waals surface area contributed by atoms with Crippen molar-refractivity contribution >= 4 is 5.91 Å². The molecule has 11 heavy (non-hydrogen) atoms. The summed E-state index contributed by atoms with van der Waals surface area (Å²) in [5, 5.41) is 11.8. The molecule has 1 rings (SSSR count). The number of hydrogen-bond acceptors (Lipinski definition) is 3. The highest BCUT2D eigenvalue weighted by Crippen LogP contribution is 2.44. The number of aliphatic hydroxyl groups is 1. The molecule has 1 fully saturated rings. The Morgan fingerprint density at radius 3 is 2.64 bits per heavy atom. The molecule has 0 atom stereocenters. The Labute approximate surface area is 65.8 Å². The van der Waals surface area contributed by atoms with Crippen molar-refractivity contribution in [3.05, 3.63) is 0 Å². The van der Waals surface area contributed by atoms with Crippen LogP contribution in [0.5, 0.6) is 0 Å². The fourth-order valence-electron chi connectivity index (χ4n) is 1.02. The van der Waals surface area contributed by atoms with E-state index in [-0.39, 0.29) is 24.5 Å². The first-order valence-electron chi connectivity index (χ1n) is 3.78. The number of nitrogens with two attached hydrogens (primary N) is 1. The number of carbonyl (C=O) groups excluding carboxylic acids is 1. The zero-order valence-electron chi connectivity index (χ0n) is 6.47. The quantitative estimate of drug-likeness (QED) is 0.472. The number of rotatable bonds is 5. The van der Waals surface area contributed by atoms with E-state index in [0.717, 1.165) is 12.8 Å². The van der Waals surface area contributed by atoms with Crippen LogP contribution in [0.4, 0.5) is 0 Å². The average Bonchev–Trinajstić information content (AvgIpc) is 2.69. The molecule has 4 nitrogen and oxygen atoms in total. The lowest BCUT2D eigenvalue weighted by atomic mass is 10.1. The summed E-state index contributed by atoms with van der Waals surface area (Å²) in [6.07, 6.45) is 2.10. The minimum atomic E-state index is -0.348. The molecule has 0 aromatic heterocycles. The van der Waals surface area contributed by atoms with Gasteiger partial charge in [-0.05, 0) is 12.8 Å². The third kappa shape index (κ3) is 2.48. The molecule has 0 spiro atoms. The third-order valence-corrected chi connectivity index (χ3v) is 2.09. The Morgan fingerprint density at radius 1 is 1.64 bits per heavy atom. The molecule has 1 amide bonds. The molecule has 0 aromatic rings. The van der Waals surface area contributed by atoms with Crippen LogP contribution < -0.4 is 11.1 Å². The number of nitrogens with one attached hydrogen (secondary N) is 1. The summed E-state index contributed by atoms with van der Waals surface area (Å²) in [5.74, 6) is -0.348. The van der Waals surface area contributed by atoms with Crippen molar-refractivity contribution in [2.45, 2.75) is 12.8 Å². The summed E-state index contributed by atoms with van der Waals surface area (Å²) in [6.45, 7) is 1.12. The van der Waals surface area contributed by atoms with E-state index < -0.39 is 0 Å². The van der Waals surface area contributed by atoms with Gasteiger partial charge in [0.15, 0.2) is 0 Å². The van der Waals surface area contributed by atoms with Gasteiger partial charge >= 0.3 is 0 Å². The molecular weight excluding hydrogens is 144 g/mol. The topological polar surface area (TPSA) is 75.4 Å². The van der Waals surface area contributed by atoms with Crippen molar-refractivity contribution in [3.8, 4) is 0 Å². The van der Waals surface area contributed by atoms with E-state index in [4.69, 9.17) is 10.8 Å². The van der Waals surface area contributed by atoms with Crippen molar-refractivity contribution in [2.24, 2.45) is 11.1 Å². The van der Waals surface area contributed by atoms with E-state index in [2.05, 4.69) is 5.32 Å². The van der Waals surface area contributed by atoms with Crippen LogP contribution in [0, 0.1) is 5.41 Å². The highest BCUT2D eigenvalue weighted by Gasteiger charge is 2.41. The molecule has 1 saturated carbocycles. The summed E-state index contributed by atoms with van der Waals surface area (Å²) in [5.41, 5.74) is 4.98. The smallest absolute Gasteiger partial charge is 0.231 e. The van der Waals surface area contributed by atoms with Crippen LogP contribution in [-0.2, 0) is 4.79 Å². The fraction of sp³-hybridized carbons (Fsp3) is 0.857. The average molecular weight is 158 g/mol. The summed E-state index contributed by atoms with van der Waals surface area (Å²) >= 11 is 0. The van der Waals surface area contributed by atoms with Crippen molar-refractivity contribution in [2.75, 3.05) is 19.7 Å².